The van der Waals surface area contributed by atoms with Crippen LogP contribution in [-0.4, -0.2) is 20.0 Å². The number of alkyl halides is 2. The zero-order chi connectivity index (χ0) is 16.0. The summed E-state index contributed by atoms with van der Waals surface area (Å²) in [4.78, 5) is 12.3. The van der Waals surface area contributed by atoms with Crippen LogP contribution < -0.4 is 5.32 Å². The van der Waals surface area contributed by atoms with Crippen LogP contribution in [0, 0.1) is 5.41 Å². The molecule has 0 spiro atoms. The second-order valence-electron chi connectivity index (χ2n) is 5.63. The molecule has 0 bridgehead atoms. The highest BCUT2D eigenvalue weighted by Crippen LogP contribution is 2.64. The van der Waals surface area contributed by atoms with Crippen LogP contribution in [0.1, 0.15) is 18.9 Å². The summed E-state index contributed by atoms with van der Waals surface area (Å²) in [6.07, 6.45) is 2.06. The number of anilines is 1. The van der Waals surface area contributed by atoms with Gasteiger partial charge in [-0.25, -0.2) is 4.68 Å². The topological polar surface area (TPSA) is 46.9 Å². The molecule has 0 saturated heterocycles. The molecular formula is C15H14Cl3N3O. The SMILES string of the molecule is C[C@]1(C(=O)Nc2ccnn2Cc2ccccc2Cl)CC1(Cl)Cl. The molecule has 7 heteroatoms. The zero-order valence-corrected chi connectivity index (χ0v) is 14.1. The number of amides is 1. The molecule has 3 rings (SSSR count). The third-order valence-electron chi connectivity index (χ3n) is 4.00. The van der Waals surface area contributed by atoms with Crippen molar-refractivity contribution in [3.8, 4) is 0 Å². The van der Waals surface area contributed by atoms with Gasteiger partial charge in [0, 0.05) is 11.1 Å². The first kappa shape index (κ1) is 15.7. The minimum Gasteiger partial charge on any atom is -0.310 e. The van der Waals surface area contributed by atoms with Crippen molar-refractivity contribution in [2.24, 2.45) is 5.41 Å². The monoisotopic (exact) mass is 357 g/mol. The molecule has 0 unspecified atom stereocenters. The second-order valence-corrected chi connectivity index (χ2v) is 7.52. The van der Waals surface area contributed by atoms with Gasteiger partial charge >= 0.3 is 0 Å². The third-order valence-corrected chi connectivity index (χ3v) is 5.47. The van der Waals surface area contributed by atoms with E-state index in [4.69, 9.17) is 34.8 Å². The van der Waals surface area contributed by atoms with Gasteiger partial charge < -0.3 is 5.32 Å². The van der Waals surface area contributed by atoms with Crippen LogP contribution in [0.25, 0.3) is 0 Å². The summed E-state index contributed by atoms with van der Waals surface area (Å²) in [5, 5.41) is 7.72. The van der Waals surface area contributed by atoms with E-state index >= 15 is 0 Å². The highest BCUT2D eigenvalue weighted by molar-refractivity contribution is 6.53. The van der Waals surface area contributed by atoms with Crippen molar-refractivity contribution in [3.05, 3.63) is 47.1 Å². The largest absolute Gasteiger partial charge is 0.310 e. The molecule has 1 N–H and O–H groups in total. The first-order valence-corrected chi connectivity index (χ1v) is 7.91. The molecule has 1 aromatic heterocycles. The molecule has 4 nitrogen and oxygen atoms in total. The van der Waals surface area contributed by atoms with Gasteiger partial charge in [-0.3, -0.25) is 4.79 Å². The molecule has 0 aliphatic heterocycles. The summed E-state index contributed by atoms with van der Waals surface area (Å²) in [5.74, 6) is 0.376. The fraction of sp³-hybridized carbons (Fsp3) is 0.333. The molecule has 2 aromatic rings. The molecule has 1 fully saturated rings. The smallest absolute Gasteiger partial charge is 0.234 e. The van der Waals surface area contributed by atoms with E-state index in [0.29, 0.717) is 23.8 Å². The Bertz CT molecular complexity index is 728. The number of halogens is 3. The van der Waals surface area contributed by atoms with E-state index in [2.05, 4.69) is 10.4 Å². The van der Waals surface area contributed by atoms with Crippen molar-refractivity contribution in [1.29, 1.82) is 0 Å². The van der Waals surface area contributed by atoms with Crippen molar-refractivity contribution in [1.82, 2.24) is 9.78 Å². The van der Waals surface area contributed by atoms with Gasteiger partial charge in [-0.2, -0.15) is 5.10 Å². The average molecular weight is 359 g/mol. The Kier molecular flexibility index (Phi) is 3.87. The number of carbonyl (C=O) groups is 1. The maximum atomic E-state index is 12.3. The lowest BCUT2D eigenvalue weighted by Crippen LogP contribution is -2.27. The Morgan fingerprint density at radius 3 is 2.68 bits per heavy atom. The quantitative estimate of drug-likeness (QED) is 0.836. The van der Waals surface area contributed by atoms with E-state index in [-0.39, 0.29) is 5.91 Å². The molecular weight excluding hydrogens is 345 g/mol. The van der Waals surface area contributed by atoms with Gasteiger partial charge in [-0.1, -0.05) is 29.8 Å². The minimum atomic E-state index is -0.995. The fourth-order valence-corrected chi connectivity index (χ4v) is 3.15. The first-order valence-electron chi connectivity index (χ1n) is 6.78. The number of hydrogen-bond donors (Lipinski definition) is 1. The Morgan fingerprint density at radius 1 is 1.36 bits per heavy atom. The summed E-state index contributed by atoms with van der Waals surface area (Å²) in [6, 6.07) is 9.24. The van der Waals surface area contributed by atoms with Crippen LogP contribution in [0.5, 0.6) is 0 Å². The lowest BCUT2D eigenvalue weighted by atomic mass is 10.1. The number of carbonyl (C=O) groups excluding carboxylic acids is 1. The molecule has 1 aliphatic rings. The molecule has 1 amide bonds. The minimum absolute atomic E-state index is 0.210. The fourth-order valence-electron chi connectivity index (χ4n) is 2.25. The number of rotatable bonds is 4. The molecule has 1 heterocycles. The van der Waals surface area contributed by atoms with Gasteiger partial charge in [-0.15, -0.1) is 23.2 Å². The average Bonchev–Trinajstić information content (AvgIpc) is 2.80. The van der Waals surface area contributed by atoms with Crippen molar-refractivity contribution in [2.45, 2.75) is 24.2 Å². The van der Waals surface area contributed by atoms with Gasteiger partial charge in [0.05, 0.1) is 18.2 Å². The normalized spacial score (nSPS) is 22.4. The zero-order valence-electron chi connectivity index (χ0n) is 11.8. The van der Waals surface area contributed by atoms with Gasteiger partial charge in [0.15, 0.2) is 0 Å². The van der Waals surface area contributed by atoms with Gasteiger partial charge in [0.2, 0.25) is 5.91 Å². The van der Waals surface area contributed by atoms with Crippen LogP contribution in [0.2, 0.25) is 5.02 Å². The van der Waals surface area contributed by atoms with Gasteiger partial charge in [0.25, 0.3) is 0 Å². The van der Waals surface area contributed by atoms with Crippen molar-refractivity contribution in [3.63, 3.8) is 0 Å². The molecule has 1 saturated carbocycles. The van der Waals surface area contributed by atoms with Crippen LogP contribution in [0.15, 0.2) is 36.5 Å². The first-order chi connectivity index (χ1) is 10.3. The number of nitrogens with zero attached hydrogens (tertiary/aromatic N) is 2. The second kappa shape index (κ2) is 5.44. The Hall–Kier alpha value is -1.23. The Morgan fingerprint density at radius 2 is 2.05 bits per heavy atom. The maximum Gasteiger partial charge on any atom is 0.234 e. The molecule has 1 aromatic carbocycles. The summed E-state index contributed by atoms with van der Waals surface area (Å²) >= 11 is 18.2. The standard InChI is InChI=1S/C15H14Cl3N3O/c1-14(9-15(14,17)18)13(22)20-12-6-7-19-21(12)8-10-4-2-3-5-11(10)16/h2-7H,8-9H2,1H3,(H,20,22)/t14-/m1/s1. The van der Waals surface area contributed by atoms with Gasteiger partial charge in [0.1, 0.15) is 10.2 Å². The van der Waals surface area contributed by atoms with Crippen LogP contribution in [-0.2, 0) is 11.3 Å². The number of benzene rings is 1. The number of nitrogens with one attached hydrogen (secondary N) is 1. The van der Waals surface area contributed by atoms with Crippen molar-refractivity contribution >= 4 is 46.5 Å². The summed E-state index contributed by atoms with van der Waals surface area (Å²) < 4.78 is 0.680. The lowest BCUT2D eigenvalue weighted by Gasteiger charge is -2.14. The van der Waals surface area contributed by atoms with E-state index in [9.17, 15) is 4.79 Å². The molecule has 116 valence electrons. The van der Waals surface area contributed by atoms with E-state index in [0.717, 1.165) is 5.56 Å². The highest BCUT2D eigenvalue weighted by atomic mass is 35.5. The van der Waals surface area contributed by atoms with E-state index in [1.54, 1.807) is 23.9 Å². The van der Waals surface area contributed by atoms with Crippen molar-refractivity contribution < 1.29 is 4.79 Å². The summed E-state index contributed by atoms with van der Waals surface area (Å²) in [5.41, 5.74) is 0.153. The van der Waals surface area contributed by atoms with E-state index < -0.39 is 9.75 Å². The van der Waals surface area contributed by atoms with Gasteiger partial charge in [-0.05, 0) is 25.0 Å². The molecule has 22 heavy (non-hydrogen) atoms. The van der Waals surface area contributed by atoms with Crippen LogP contribution in [0.3, 0.4) is 0 Å². The summed E-state index contributed by atoms with van der Waals surface area (Å²) in [7, 11) is 0. The van der Waals surface area contributed by atoms with E-state index in [1.807, 2.05) is 24.3 Å². The number of aromatic nitrogens is 2. The van der Waals surface area contributed by atoms with Crippen LogP contribution in [0.4, 0.5) is 5.82 Å². The number of hydrogen-bond acceptors (Lipinski definition) is 2. The molecule has 1 aliphatic carbocycles. The Labute approximate surface area is 143 Å². The van der Waals surface area contributed by atoms with Crippen molar-refractivity contribution in [2.75, 3.05) is 5.32 Å². The highest BCUT2D eigenvalue weighted by Gasteiger charge is 2.68. The molecule has 1 atom stereocenters. The molecule has 0 radical (unpaired) electrons. The lowest BCUT2D eigenvalue weighted by molar-refractivity contribution is -0.120. The predicted octanol–water partition coefficient (Wildman–Crippen LogP) is 4.11. The van der Waals surface area contributed by atoms with Crippen LogP contribution >= 0.6 is 34.8 Å². The Balaban J connectivity index is 1.76. The van der Waals surface area contributed by atoms with E-state index in [1.165, 1.54) is 0 Å². The summed E-state index contributed by atoms with van der Waals surface area (Å²) in [6.45, 7) is 2.21. The predicted molar refractivity (Wildman–Crippen MR) is 88.6 cm³/mol. The third kappa shape index (κ3) is 2.71. The maximum absolute atomic E-state index is 12.3.